The third kappa shape index (κ3) is 4.33. The Kier molecular flexibility index (Phi) is 4.80. The fourth-order valence-corrected chi connectivity index (χ4v) is 4.36. The first-order valence-corrected chi connectivity index (χ1v) is 8.74. The van der Waals surface area contributed by atoms with E-state index in [4.69, 9.17) is 0 Å². The Labute approximate surface area is 119 Å². The quantitative estimate of drug-likeness (QED) is 0.752. The molecule has 0 radical (unpaired) electrons. The number of nitrogens with zero attached hydrogens (tertiary/aromatic N) is 1. The Morgan fingerprint density at radius 1 is 1.55 bits per heavy atom. The molecule has 6 nitrogen and oxygen atoms in total. The van der Waals surface area contributed by atoms with E-state index < -0.39 is 9.84 Å². The summed E-state index contributed by atoms with van der Waals surface area (Å²) < 4.78 is 22.6. The highest BCUT2D eigenvalue weighted by molar-refractivity contribution is 7.91. The van der Waals surface area contributed by atoms with Gasteiger partial charge in [0.05, 0.1) is 17.7 Å². The lowest BCUT2D eigenvalue weighted by molar-refractivity contribution is -0.121. The van der Waals surface area contributed by atoms with Crippen molar-refractivity contribution in [2.75, 3.05) is 18.1 Å². The second-order valence-electron chi connectivity index (χ2n) is 5.45. The minimum Gasteiger partial charge on any atom is -0.356 e. The molecule has 1 aromatic rings. The largest absolute Gasteiger partial charge is 0.356 e. The van der Waals surface area contributed by atoms with Crippen molar-refractivity contribution < 1.29 is 13.2 Å². The highest BCUT2D eigenvalue weighted by Crippen LogP contribution is 2.21. The van der Waals surface area contributed by atoms with Crippen LogP contribution in [0.3, 0.4) is 0 Å². The summed E-state index contributed by atoms with van der Waals surface area (Å²) in [5.74, 6) is 0.339. The Morgan fingerprint density at radius 2 is 2.35 bits per heavy atom. The van der Waals surface area contributed by atoms with Crippen LogP contribution in [0.4, 0.5) is 0 Å². The number of hydrogen-bond acceptors (Lipinski definition) is 4. The topological polar surface area (TPSA) is 91.9 Å². The lowest BCUT2D eigenvalue weighted by atomic mass is 10.0. The van der Waals surface area contributed by atoms with Gasteiger partial charge in [0.1, 0.15) is 0 Å². The van der Waals surface area contributed by atoms with Crippen LogP contribution in [0.25, 0.3) is 0 Å². The maximum absolute atomic E-state index is 11.7. The summed E-state index contributed by atoms with van der Waals surface area (Å²) in [6.07, 6.45) is 4.48. The number of hydrogen-bond donors (Lipinski definition) is 2. The van der Waals surface area contributed by atoms with Crippen LogP contribution in [-0.4, -0.2) is 42.6 Å². The molecule has 1 amide bonds. The number of rotatable bonds is 6. The average Bonchev–Trinajstić information content (AvgIpc) is 2.91. The van der Waals surface area contributed by atoms with E-state index in [2.05, 4.69) is 15.5 Å². The fraction of sp³-hybridized carbons (Fsp3) is 0.692. The maximum atomic E-state index is 11.7. The first kappa shape index (κ1) is 15.0. The van der Waals surface area contributed by atoms with Gasteiger partial charge in [-0.1, -0.05) is 0 Å². The molecule has 1 saturated heterocycles. The molecule has 1 atom stereocenters. The summed E-state index contributed by atoms with van der Waals surface area (Å²) >= 11 is 0. The van der Waals surface area contributed by atoms with Crippen molar-refractivity contribution in [3.63, 3.8) is 0 Å². The summed E-state index contributed by atoms with van der Waals surface area (Å²) in [5.41, 5.74) is 2.23. The summed E-state index contributed by atoms with van der Waals surface area (Å²) in [6, 6.07) is 0. The van der Waals surface area contributed by atoms with Crippen LogP contribution in [0.1, 0.15) is 30.5 Å². The van der Waals surface area contributed by atoms with Crippen LogP contribution in [0.15, 0.2) is 6.20 Å². The molecule has 2 rings (SSSR count). The van der Waals surface area contributed by atoms with E-state index in [-0.39, 0.29) is 23.3 Å². The Balaban J connectivity index is 1.62. The van der Waals surface area contributed by atoms with E-state index in [1.165, 1.54) is 5.56 Å². The number of sulfone groups is 1. The van der Waals surface area contributed by atoms with E-state index in [0.29, 0.717) is 19.4 Å². The van der Waals surface area contributed by atoms with Gasteiger partial charge in [0.2, 0.25) is 5.91 Å². The normalized spacial score (nSPS) is 20.9. The number of aryl methyl sites for hydroxylation is 2. The van der Waals surface area contributed by atoms with Crippen molar-refractivity contribution in [1.29, 1.82) is 0 Å². The molecule has 1 aliphatic heterocycles. The molecule has 2 heterocycles. The average molecular weight is 299 g/mol. The standard InChI is InChI=1S/C13H21N3O3S/c1-10-12(8-15-16-10)3-2-5-14-13(17)7-11-4-6-20(18,19)9-11/h8,11H,2-7,9H2,1H3,(H,14,17)(H,15,16). The first-order chi connectivity index (χ1) is 9.46. The molecule has 1 aliphatic rings. The van der Waals surface area contributed by atoms with E-state index in [0.717, 1.165) is 18.5 Å². The summed E-state index contributed by atoms with van der Waals surface area (Å²) in [5, 5.41) is 9.68. The molecular weight excluding hydrogens is 278 g/mol. The number of nitrogens with one attached hydrogen (secondary N) is 2. The number of amides is 1. The molecule has 0 bridgehead atoms. The molecule has 1 aromatic heterocycles. The third-order valence-electron chi connectivity index (χ3n) is 3.68. The highest BCUT2D eigenvalue weighted by atomic mass is 32.2. The number of aromatic amines is 1. The van der Waals surface area contributed by atoms with Crippen molar-refractivity contribution >= 4 is 15.7 Å². The van der Waals surface area contributed by atoms with Gasteiger partial charge >= 0.3 is 0 Å². The number of carbonyl (C=O) groups is 1. The molecule has 112 valence electrons. The van der Waals surface area contributed by atoms with E-state index >= 15 is 0 Å². The van der Waals surface area contributed by atoms with E-state index in [1.807, 2.05) is 6.92 Å². The van der Waals surface area contributed by atoms with Crippen molar-refractivity contribution in [2.45, 2.75) is 32.6 Å². The molecule has 0 aliphatic carbocycles. The molecule has 2 N–H and O–H groups in total. The molecule has 0 saturated carbocycles. The second kappa shape index (κ2) is 6.39. The predicted molar refractivity (Wildman–Crippen MR) is 76.0 cm³/mol. The Bertz CT molecular complexity index is 565. The number of aromatic nitrogens is 2. The van der Waals surface area contributed by atoms with E-state index in [1.54, 1.807) is 6.20 Å². The number of H-pyrrole nitrogens is 1. The van der Waals surface area contributed by atoms with Crippen molar-refractivity contribution in [2.24, 2.45) is 5.92 Å². The maximum Gasteiger partial charge on any atom is 0.220 e. The minimum atomic E-state index is -2.89. The monoisotopic (exact) mass is 299 g/mol. The van der Waals surface area contributed by atoms with Crippen LogP contribution in [0, 0.1) is 12.8 Å². The molecule has 0 aromatic carbocycles. The molecule has 0 spiro atoms. The summed E-state index contributed by atoms with van der Waals surface area (Å²) in [7, 11) is -2.89. The van der Waals surface area contributed by atoms with Gasteiger partial charge < -0.3 is 5.32 Å². The van der Waals surface area contributed by atoms with E-state index in [9.17, 15) is 13.2 Å². The summed E-state index contributed by atoms with van der Waals surface area (Å²) in [6.45, 7) is 2.59. The van der Waals surface area contributed by atoms with Gasteiger partial charge in [0.25, 0.3) is 0 Å². The van der Waals surface area contributed by atoms with Gasteiger partial charge in [-0.2, -0.15) is 5.10 Å². The fourth-order valence-electron chi connectivity index (χ4n) is 2.50. The van der Waals surface area contributed by atoms with Gasteiger partial charge in [-0.15, -0.1) is 0 Å². The smallest absolute Gasteiger partial charge is 0.220 e. The minimum absolute atomic E-state index is 0.00359. The van der Waals surface area contributed by atoms with Gasteiger partial charge in [0, 0.05) is 18.7 Å². The Morgan fingerprint density at radius 3 is 2.95 bits per heavy atom. The van der Waals surface area contributed by atoms with Gasteiger partial charge in [0.15, 0.2) is 9.84 Å². The molecule has 1 unspecified atom stereocenters. The zero-order chi connectivity index (χ0) is 14.6. The van der Waals surface area contributed by atoms with Crippen molar-refractivity contribution in [3.05, 3.63) is 17.5 Å². The first-order valence-electron chi connectivity index (χ1n) is 6.92. The lowest BCUT2D eigenvalue weighted by Gasteiger charge is -2.08. The van der Waals surface area contributed by atoms with Crippen LogP contribution in [0.2, 0.25) is 0 Å². The highest BCUT2D eigenvalue weighted by Gasteiger charge is 2.29. The van der Waals surface area contributed by atoms with Gasteiger partial charge in [-0.25, -0.2) is 8.42 Å². The molecule has 7 heteroatoms. The Hall–Kier alpha value is -1.37. The zero-order valence-corrected chi connectivity index (χ0v) is 12.5. The zero-order valence-electron chi connectivity index (χ0n) is 11.7. The molecule has 20 heavy (non-hydrogen) atoms. The van der Waals surface area contributed by atoms with Gasteiger partial charge in [-0.05, 0) is 37.7 Å². The summed E-state index contributed by atoms with van der Waals surface area (Å²) in [4.78, 5) is 11.7. The van der Waals surface area contributed by atoms with Crippen LogP contribution >= 0.6 is 0 Å². The van der Waals surface area contributed by atoms with Crippen LogP contribution in [-0.2, 0) is 21.1 Å². The van der Waals surface area contributed by atoms with Gasteiger partial charge in [-0.3, -0.25) is 9.89 Å². The van der Waals surface area contributed by atoms with Crippen LogP contribution in [0.5, 0.6) is 0 Å². The molecular formula is C13H21N3O3S. The predicted octanol–water partition coefficient (Wildman–Crippen LogP) is 0.592. The third-order valence-corrected chi connectivity index (χ3v) is 5.52. The van der Waals surface area contributed by atoms with Crippen molar-refractivity contribution in [1.82, 2.24) is 15.5 Å². The van der Waals surface area contributed by atoms with Crippen molar-refractivity contribution in [3.8, 4) is 0 Å². The lowest BCUT2D eigenvalue weighted by Crippen LogP contribution is -2.27. The van der Waals surface area contributed by atoms with Crippen LogP contribution < -0.4 is 5.32 Å². The number of carbonyl (C=O) groups excluding carboxylic acids is 1. The molecule has 1 fully saturated rings. The second-order valence-corrected chi connectivity index (χ2v) is 7.68. The SMILES string of the molecule is Cc1[nH]ncc1CCCNC(=O)CC1CCS(=O)(=O)C1.